The van der Waals surface area contributed by atoms with Crippen molar-refractivity contribution in [3.05, 3.63) is 87.0 Å². The first-order valence-electron chi connectivity index (χ1n) is 11.5. The van der Waals surface area contributed by atoms with E-state index in [0.717, 1.165) is 11.1 Å². The van der Waals surface area contributed by atoms with Crippen LogP contribution in [0, 0.1) is 3.57 Å². The van der Waals surface area contributed by atoms with Crippen LogP contribution in [0.3, 0.4) is 0 Å². The predicted octanol–water partition coefficient (Wildman–Crippen LogP) is 6.28. The van der Waals surface area contributed by atoms with Crippen LogP contribution in [-0.4, -0.2) is 36.8 Å². The van der Waals surface area contributed by atoms with Crippen LogP contribution >= 0.6 is 46.1 Å². The van der Waals surface area contributed by atoms with Crippen molar-refractivity contribution in [1.82, 2.24) is 5.43 Å². The Morgan fingerprint density at radius 3 is 2.47 bits per heavy atom. The molecule has 3 aromatic rings. The van der Waals surface area contributed by atoms with Gasteiger partial charge in [-0.05, 0) is 88.7 Å². The largest absolute Gasteiger partial charge is 0.490 e. The Morgan fingerprint density at radius 1 is 1.00 bits per heavy atom. The van der Waals surface area contributed by atoms with Crippen molar-refractivity contribution >= 4 is 58.2 Å². The summed E-state index contributed by atoms with van der Waals surface area (Å²) in [5.41, 5.74) is 5.64. The second kappa shape index (κ2) is 13.8. The number of carbonyl (C=O) groups is 1. The molecule has 188 valence electrons. The fourth-order valence-corrected chi connectivity index (χ4v) is 6.59. The van der Waals surface area contributed by atoms with Gasteiger partial charge in [-0.1, -0.05) is 24.3 Å². The summed E-state index contributed by atoms with van der Waals surface area (Å²) in [6.07, 6.45) is 1.56. The first kappa shape index (κ1) is 26.7. The molecule has 0 radical (unpaired) electrons. The predicted molar refractivity (Wildman–Crippen MR) is 156 cm³/mol. The second-order valence-electron chi connectivity index (χ2n) is 7.78. The summed E-state index contributed by atoms with van der Waals surface area (Å²) in [6.45, 7) is 2.76. The number of rotatable bonds is 11. The Bertz CT molecular complexity index is 1170. The molecule has 1 fully saturated rings. The second-order valence-corrected chi connectivity index (χ2v) is 11.7. The Labute approximate surface area is 233 Å². The highest BCUT2D eigenvalue weighted by molar-refractivity contribution is 14.1. The van der Waals surface area contributed by atoms with Crippen molar-refractivity contribution in [2.45, 2.75) is 18.1 Å². The number of hydrogen-bond acceptors (Lipinski definition) is 7. The van der Waals surface area contributed by atoms with Gasteiger partial charge in [0.2, 0.25) is 0 Å². The summed E-state index contributed by atoms with van der Waals surface area (Å²) >= 11 is 6.20. The van der Waals surface area contributed by atoms with Crippen LogP contribution in [0.5, 0.6) is 17.2 Å². The summed E-state index contributed by atoms with van der Waals surface area (Å²) in [4.78, 5) is 12.1. The van der Waals surface area contributed by atoms with E-state index in [1.54, 1.807) is 6.21 Å². The maximum absolute atomic E-state index is 12.1. The Hall–Kier alpha value is -2.37. The standard InChI is InChI=1S/C27H27IN2O4S2/c1-2-32-25-15-20(5-12-24(25)34-17-19-3-8-22(28)9-4-19)16-29-30-26(31)18-33-23-10-6-21(7-11-23)27-35-13-14-36-27/h3-12,15-16,27H,2,13-14,17-18H2,1H3,(H,30,31)/b29-16-. The lowest BCUT2D eigenvalue weighted by atomic mass is 10.2. The van der Waals surface area contributed by atoms with E-state index in [1.165, 1.54) is 20.6 Å². The van der Waals surface area contributed by atoms with Gasteiger partial charge >= 0.3 is 0 Å². The minimum Gasteiger partial charge on any atom is -0.490 e. The van der Waals surface area contributed by atoms with Crippen molar-refractivity contribution in [1.29, 1.82) is 0 Å². The minimum atomic E-state index is -0.334. The Morgan fingerprint density at radius 2 is 1.75 bits per heavy atom. The molecule has 0 bridgehead atoms. The van der Waals surface area contributed by atoms with E-state index in [9.17, 15) is 4.79 Å². The van der Waals surface area contributed by atoms with Gasteiger partial charge in [-0.3, -0.25) is 4.79 Å². The van der Waals surface area contributed by atoms with Gasteiger partial charge in [-0.2, -0.15) is 5.10 Å². The average Bonchev–Trinajstić information content (AvgIpc) is 3.44. The highest BCUT2D eigenvalue weighted by atomic mass is 127. The maximum Gasteiger partial charge on any atom is 0.277 e. The average molecular weight is 635 g/mol. The van der Waals surface area contributed by atoms with E-state index in [0.29, 0.717) is 35.0 Å². The normalized spacial score (nSPS) is 13.6. The zero-order valence-corrected chi connectivity index (χ0v) is 23.6. The van der Waals surface area contributed by atoms with Gasteiger partial charge in [0, 0.05) is 15.1 Å². The fourth-order valence-electron chi connectivity index (χ4n) is 3.37. The maximum atomic E-state index is 12.1. The van der Waals surface area contributed by atoms with Crippen molar-refractivity contribution in [3.63, 3.8) is 0 Å². The molecule has 36 heavy (non-hydrogen) atoms. The summed E-state index contributed by atoms with van der Waals surface area (Å²) < 4.78 is 19.0. The van der Waals surface area contributed by atoms with E-state index >= 15 is 0 Å². The molecule has 3 aromatic carbocycles. The molecule has 0 spiro atoms. The molecule has 1 aliphatic heterocycles. The molecule has 1 N–H and O–H groups in total. The smallest absolute Gasteiger partial charge is 0.277 e. The number of benzene rings is 3. The molecule has 1 heterocycles. The molecular weight excluding hydrogens is 607 g/mol. The van der Waals surface area contributed by atoms with Gasteiger partial charge in [-0.15, -0.1) is 23.5 Å². The molecule has 1 saturated heterocycles. The molecule has 1 aliphatic rings. The summed E-state index contributed by atoms with van der Waals surface area (Å²) in [5.74, 6) is 3.98. The lowest BCUT2D eigenvalue weighted by Gasteiger charge is -2.12. The third-order valence-electron chi connectivity index (χ3n) is 5.12. The topological polar surface area (TPSA) is 69.2 Å². The first-order valence-corrected chi connectivity index (χ1v) is 14.7. The van der Waals surface area contributed by atoms with E-state index in [2.05, 4.69) is 45.3 Å². The van der Waals surface area contributed by atoms with Crippen LogP contribution in [0.15, 0.2) is 71.8 Å². The van der Waals surface area contributed by atoms with E-state index in [-0.39, 0.29) is 12.5 Å². The zero-order chi connectivity index (χ0) is 25.2. The summed E-state index contributed by atoms with van der Waals surface area (Å²) in [6, 6.07) is 21.7. The number of ether oxygens (including phenoxy) is 3. The van der Waals surface area contributed by atoms with Gasteiger partial charge in [0.1, 0.15) is 12.4 Å². The van der Waals surface area contributed by atoms with E-state index < -0.39 is 0 Å². The third kappa shape index (κ3) is 8.07. The number of amides is 1. The minimum absolute atomic E-state index is 0.112. The van der Waals surface area contributed by atoms with Crippen LogP contribution in [0.4, 0.5) is 0 Å². The fraction of sp³-hybridized carbons (Fsp3) is 0.259. The van der Waals surface area contributed by atoms with Crippen LogP contribution in [-0.2, 0) is 11.4 Å². The van der Waals surface area contributed by atoms with Gasteiger partial charge in [0.05, 0.1) is 17.4 Å². The van der Waals surface area contributed by atoms with Crippen LogP contribution in [0.25, 0.3) is 0 Å². The molecule has 9 heteroatoms. The molecule has 0 atom stereocenters. The molecule has 0 saturated carbocycles. The van der Waals surface area contributed by atoms with E-state index in [4.69, 9.17) is 14.2 Å². The first-order chi connectivity index (χ1) is 17.6. The van der Waals surface area contributed by atoms with Gasteiger partial charge in [-0.25, -0.2) is 5.43 Å². The van der Waals surface area contributed by atoms with Crippen LogP contribution < -0.4 is 19.6 Å². The number of thioether (sulfide) groups is 2. The zero-order valence-electron chi connectivity index (χ0n) is 19.8. The number of carbonyl (C=O) groups excluding carboxylic acids is 1. The number of nitrogens with zero attached hydrogens (tertiary/aromatic N) is 1. The highest BCUT2D eigenvalue weighted by Crippen LogP contribution is 2.45. The molecule has 0 aromatic heterocycles. The lowest BCUT2D eigenvalue weighted by Crippen LogP contribution is -2.24. The number of nitrogens with one attached hydrogen (secondary N) is 1. The number of halogens is 1. The Kier molecular flexibility index (Phi) is 10.2. The Balaban J connectivity index is 1.26. The monoisotopic (exact) mass is 634 g/mol. The number of hydrogen-bond donors (Lipinski definition) is 1. The van der Waals surface area contributed by atoms with Gasteiger partial charge in [0.25, 0.3) is 5.91 Å². The van der Waals surface area contributed by atoms with Gasteiger partial charge < -0.3 is 14.2 Å². The molecule has 4 rings (SSSR count). The molecule has 6 nitrogen and oxygen atoms in total. The van der Waals surface area contributed by atoms with Crippen LogP contribution in [0.1, 0.15) is 28.2 Å². The van der Waals surface area contributed by atoms with Crippen LogP contribution in [0.2, 0.25) is 0 Å². The van der Waals surface area contributed by atoms with Crippen molar-refractivity contribution in [2.75, 3.05) is 24.7 Å². The number of hydrazone groups is 1. The third-order valence-corrected chi connectivity index (χ3v) is 8.95. The van der Waals surface area contributed by atoms with E-state index in [1.807, 2.05) is 85.0 Å². The van der Waals surface area contributed by atoms with Crippen molar-refractivity contribution in [2.24, 2.45) is 5.10 Å². The van der Waals surface area contributed by atoms with Crippen molar-refractivity contribution in [3.8, 4) is 17.2 Å². The van der Waals surface area contributed by atoms with Gasteiger partial charge in [0.15, 0.2) is 18.1 Å². The summed E-state index contributed by atoms with van der Waals surface area (Å²) in [5, 5.41) is 4.05. The molecule has 0 aliphatic carbocycles. The molecular formula is C27H27IN2O4S2. The SMILES string of the molecule is CCOc1cc(/C=N\NC(=O)COc2ccc(C3SCCS3)cc2)ccc1OCc1ccc(I)cc1. The molecule has 1 amide bonds. The summed E-state index contributed by atoms with van der Waals surface area (Å²) in [7, 11) is 0. The van der Waals surface area contributed by atoms with Crippen molar-refractivity contribution < 1.29 is 19.0 Å². The molecule has 0 unspecified atom stereocenters. The quantitative estimate of drug-likeness (QED) is 0.152. The lowest BCUT2D eigenvalue weighted by molar-refractivity contribution is -0.123. The highest BCUT2D eigenvalue weighted by Gasteiger charge is 2.18.